The van der Waals surface area contributed by atoms with E-state index in [4.69, 9.17) is 0 Å². The first kappa shape index (κ1) is 17.7. The van der Waals surface area contributed by atoms with Crippen LogP contribution in [0.5, 0.6) is 0 Å². The summed E-state index contributed by atoms with van der Waals surface area (Å²) in [6.07, 6.45) is 0. The molecule has 0 unspecified atom stereocenters. The van der Waals surface area contributed by atoms with E-state index in [0.717, 1.165) is 16.2 Å². The molecule has 0 saturated heterocycles. The lowest BCUT2D eigenvalue weighted by Gasteiger charge is -2.14. The van der Waals surface area contributed by atoms with E-state index in [1.807, 2.05) is 37.3 Å². The van der Waals surface area contributed by atoms with Crippen LogP contribution in [0, 0.1) is 6.92 Å². The molecule has 0 atom stereocenters. The lowest BCUT2D eigenvalue weighted by Crippen LogP contribution is -2.37. The monoisotopic (exact) mass is 374 g/mol. The molecule has 3 amide bonds. The standard InChI is InChI=1S/C21H18N4O3/c1-14-11-18(25(23-14)12-15-7-3-2-4-8-15)22-19(26)13-24-20(27)16-9-5-6-10-17(16)21(24)28/h2-11H,12-13H2,1H3,(H,22,26). The zero-order valence-electron chi connectivity index (χ0n) is 15.3. The topological polar surface area (TPSA) is 84.3 Å². The Morgan fingerprint density at radius 1 is 0.964 bits per heavy atom. The van der Waals surface area contributed by atoms with Gasteiger partial charge in [-0.15, -0.1) is 0 Å². The van der Waals surface area contributed by atoms with Crippen molar-refractivity contribution in [1.82, 2.24) is 14.7 Å². The van der Waals surface area contributed by atoms with Gasteiger partial charge in [-0.25, -0.2) is 4.68 Å². The first-order valence-corrected chi connectivity index (χ1v) is 8.86. The predicted molar refractivity (Wildman–Crippen MR) is 103 cm³/mol. The molecule has 0 radical (unpaired) electrons. The third kappa shape index (κ3) is 3.29. The molecule has 7 nitrogen and oxygen atoms in total. The van der Waals surface area contributed by atoms with Crippen LogP contribution in [0.15, 0.2) is 60.7 Å². The molecule has 0 spiro atoms. The molecule has 2 aromatic carbocycles. The molecule has 3 aromatic rings. The summed E-state index contributed by atoms with van der Waals surface area (Å²) in [7, 11) is 0. The second-order valence-electron chi connectivity index (χ2n) is 6.60. The fourth-order valence-corrected chi connectivity index (χ4v) is 3.23. The molecule has 2 heterocycles. The summed E-state index contributed by atoms with van der Waals surface area (Å²) in [5.41, 5.74) is 2.45. The molecule has 0 fully saturated rings. The molecule has 1 aromatic heterocycles. The molecule has 140 valence electrons. The van der Waals surface area contributed by atoms with Crippen LogP contribution in [-0.2, 0) is 11.3 Å². The van der Waals surface area contributed by atoms with E-state index < -0.39 is 17.7 Å². The van der Waals surface area contributed by atoms with Gasteiger partial charge in [-0.2, -0.15) is 5.10 Å². The number of nitrogens with zero attached hydrogens (tertiary/aromatic N) is 3. The number of nitrogens with one attached hydrogen (secondary N) is 1. The Labute approximate surface area is 161 Å². The number of aromatic nitrogens is 2. The van der Waals surface area contributed by atoms with Crippen molar-refractivity contribution in [3.63, 3.8) is 0 Å². The molecule has 0 saturated carbocycles. The van der Waals surface area contributed by atoms with E-state index >= 15 is 0 Å². The zero-order valence-corrected chi connectivity index (χ0v) is 15.3. The molecule has 4 rings (SSSR count). The van der Waals surface area contributed by atoms with Crippen molar-refractivity contribution in [2.45, 2.75) is 13.5 Å². The van der Waals surface area contributed by atoms with Gasteiger partial charge in [0.2, 0.25) is 5.91 Å². The van der Waals surface area contributed by atoms with Gasteiger partial charge in [0.1, 0.15) is 12.4 Å². The number of imide groups is 1. The van der Waals surface area contributed by atoms with Crippen LogP contribution in [0.3, 0.4) is 0 Å². The number of fused-ring (bicyclic) bond motifs is 1. The van der Waals surface area contributed by atoms with Crippen LogP contribution < -0.4 is 5.32 Å². The van der Waals surface area contributed by atoms with Gasteiger partial charge < -0.3 is 5.32 Å². The van der Waals surface area contributed by atoms with E-state index in [2.05, 4.69) is 10.4 Å². The number of carbonyl (C=O) groups is 3. The molecule has 1 N–H and O–H groups in total. The van der Waals surface area contributed by atoms with Gasteiger partial charge in [0, 0.05) is 6.07 Å². The Kier molecular flexibility index (Phi) is 4.49. The van der Waals surface area contributed by atoms with Gasteiger partial charge in [-0.05, 0) is 24.6 Å². The number of hydrogen-bond acceptors (Lipinski definition) is 4. The van der Waals surface area contributed by atoms with E-state index in [9.17, 15) is 14.4 Å². The van der Waals surface area contributed by atoms with Crippen molar-refractivity contribution < 1.29 is 14.4 Å². The lowest BCUT2D eigenvalue weighted by atomic mass is 10.1. The van der Waals surface area contributed by atoms with Crippen molar-refractivity contribution in [1.29, 1.82) is 0 Å². The normalized spacial score (nSPS) is 13.0. The average Bonchev–Trinajstić information content (AvgIpc) is 3.15. The SMILES string of the molecule is Cc1cc(NC(=O)CN2C(=O)c3ccccc3C2=O)n(Cc2ccccc2)n1. The molecular weight excluding hydrogens is 356 g/mol. The Morgan fingerprint density at radius 3 is 2.21 bits per heavy atom. The summed E-state index contributed by atoms with van der Waals surface area (Å²) >= 11 is 0. The molecule has 0 bridgehead atoms. The molecule has 0 aliphatic carbocycles. The van der Waals surface area contributed by atoms with E-state index in [0.29, 0.717) is 23.5 Å². The predicted octanol–water partition coefficient (Wildman–Crippen LogP) is 2.47. The van der Waals surface area contributed by atoms with E-state index in [-0.39, 0.29) is 6.54 Å². The first-order valence-electron chi connectivity index (χ1n) is 8.86. The van der Waals surface area contributed by atoms with Crippen molar-refractivity contribution in [3.05, 3.63) is 83.0 Å². The number of amides is 3. The third-order valence-electron chi connectivity index (χ3n) is 4.52. The average molecular weight is 374 g/mol. The van der Waals surface area contributed by atoms with Crippen LogP contribution in [0.1, 0.15) is 32.0 Å². The zero-order chi connectivity index (χ0) is 19.7. The van der Waals surface area contributed by atoms with Crippen molar-refractivity contribution in [2.24, 2.45) is 0 Å². The number of anilines is 1. The summed E-state index contributed by atoms with van der Waals surface area (Å²) in [5, 5.41) is 7.17. The maximum absolute atomic E-state index is 12.5. The van der Waals surface area contributed by atoms with Gasteiger partial charge in [0.05, 0.1) is 23.4 Å². The molecule has 7 heteroatoms. The summed E-state index contributed by atoms with van der Waals surface area (Å²) in [6, 6.07) is 18.1. The van der Waals surface area contributed by atoms with Crippen LogP contribution in [0.4, 0.5) is 5.82 Å². The van der Waals surface area contributed by atoms with Gasteiger partial charge >= 0.3 is 0 Å². The van der Waals surface area contributed by atoms with Gasteiger partial charge in [-0.3, -0.25) is 19.3 Å². The molecule has 1 aliphatic rings. The van der Waals surface area contributed by atoms with Crippen molar-refractivity contribution in [2.75, 3.05) is 11.9 Å². The maximum Gasteiger partial charge on any atom is 0.262 e. The van der Waals surface area contributed by atoms with Gasteiger partial charge in [0.25, 0.3) is 11.8 Å². The highest BCUT2D eigenvalue weighted by Gasteiger charge is 2.36. The minimum atomic E-state index is -0.455. The Morgan fingerprint density at radius 2 is 1.57 bits per heavy atom. The van der Waals surface area contributed by atoms with Crippen LogP contribution >= 0.6 is 0 Å². The Balaban J connectivity index is 1.48. The minimum Gasteiger partial charge on any atom is -0.309 e. The summed E-state index contributed by atoms with van der Waals surface area (Å²) in [6.45, 7) is 1.99. The second-order valence-corrected chi connectivity index (χ2v) is 6.60. The Bertz CT molecular complexity index is 1040. The molecule has 28 heavy (non-hydrogen) atoms. The highest BCUT2D eigenvalue weighted by atomic mass is 16.2. The van der Waals surface area contributed by atoms with E-state index in [1.54, 1.807) is 35.0 Å². The van der Waals surface area contributed by atoms with Gasteiger partial charge in [0.15, 0.2) is 0 Å². The quantitative estimate of drug-likeness (QED) is 0.696. The Hall–Kier alpha value is -3.74. The summed E-state index contributed by atoms with van der Waals surface area (Å²) in [5.74, 6) is -0.846. The number of benzene rings is 2. The van der Waals surface area contributed by atoms with Crippen molar-refractivity contribution in [3.8, 4) is 0 Å². The maximum atomic E-state index is 12.5. The van der Waals surface area contributed by atoms with Crippen LogP contribution in [0.2, 0.25) is 0 Å². The minimum absolute atomic E-state index is 0.324. The van der Waals surface area contributed by atoms with Crippen LogP contribution in [-0.4, -0.2) is 38.9 Å². The fraction of sp³-hybridized carbons (Fsp3) is 0.143. The molecular formula is C21H18N4O3. The lowest BCUT2D eigenvalue weighted by molar-refractivity contribution is -0.116. The molecule has 1 aliphatic heterocycles. The largest absolute Gasteiger partial charge is 0.309 e. The fourth-order valence-electron chi connectivity index (χ4n) is 3.23. The number of hydrogen-bond donors (Lipinski definition) is 1. The highest BCUT2D eigenvalue weighted by Crippen LogP contribution is 2.22. The van der Waals surface area contributed by atoms with E-state index in [1.165, 1.54) is 0 Å². The smallest absolute Gasteiger partial charge is 0.262 e. The summed E-state index contributed by atoms with van der Waals surface area (Å²) in [4.78, 5) is 38.3. The van der Waals surface area contributed by atoms with Crippen molar-refractivity contribution >= 4 is 23.5 Å². The second kappa shape index (κ2) is 7.11. The van der Waals surface area contributed by atoms with Gasteiger partial charge in [-0.1, -0.05) is 42.5 Å². The number of aryl methyl sites for hydroxylation is 1. The summed E-state index contributed by atoms with van der Waals surface area (Å²) < 4.78 is 1.69. The first-order chi connectivity index (χ1) is 13.5. The highest BCUT2D eigenvalue weighted by molar-refractivity contribution is 6.22. The third-order valence-corrected chi connectivity index (χ3v) is 4.52. The van der Waals surface area contributed by atoms with Crippen LogP contribution in [0.25, 0.3) is 0 Å². The number of carbonyl (C=O) groups excluding carboxylic acids is 3. The number of rotatable bonds is 5.